The van der Waals surface area contributed by atoms with E-state index >= 15 is 0 Å². The number of fused-ring (bicyclic) bond motifs is 1. The van der Waals surface area contributed by atoms with E-state index in [0.29, 0.717) is 22.8 Å². The number of aromatic nitrogens is 3. The third-order valence-corrected chi connectivity index (χ3v) is 5.40. The van der Waals surface area contributed by atoms with Crippen LogP contribution in [0.5, 0.6) is 6.01 Å². The first-order valence-corrected chi connectivity index (χ1v) is 9.58. The van der Waals surface area contributed by atoms with E-state index in [2.05, 4.69) is 27.5 Å². The first-order valence-electron chi connectivity index (χ1n) is 9.20. The maximum atomic E-state index is 12.4. The number of benzene rings is 1. The molecule has 0 aliphatic heterocycles. The number of hydrogen-bond acceptors (Lipinski definition) is 6. The third kappa shape index (κ3) is 3.62. The fourth-order valence-corrected chi connectivity index (χ4v) is 3.43. The molecule has 1 saturated carbocycles. The van der Waals surface area contributed by atoms with Crippen molar-refractivity contribution in [3.8, 4) is 6.01 Å². The fourth-order valence-electron chi connectivity index (χ4n) is 3.29. The van der Waals surface area contributed by atoms with Gasteiger partial charge in [0.05, 0.1) is 18.8 Å². The van der Waals surface area contributed by atoms with Crippen LogP contribution in [-0.4, -0.2) is 27.7 Å². The minimum absolute atomic E-state index is 0.0395. The van der Waals surface area contributed by atoms with Crippen LogP contribution in [0.15, 0.2) is 35.3 Å². The van der Waals surface area contributed by atoms with Crippen molar-refractivity contribution in [1.82, 2.24) is 14.5 Å². The monoisotopic (exact) mass is 399 g/mol. The second-order valence-corrected chi connectivity index (χ2v) is 7.54. The molecule has 7 nitrogen and oxygen atoms in total. The summed E-state index contributed by atoms with van der Waals surface area (Å²) in [5, 5.41) is 8.08. The topological polar surface area (TPSA) is 81.1 Å². The average molecular weight is 400 g/mol. The highest BCUT2D eigenvalue weighted by Crippen LogP contribution is 2.35. The Morgan fingerprint density at radius 2 is 2.11 bits per heavy atom. The molecule has 1 aliphatic rings. The van der Waals surface area contributed by atoms with Crippen molar-refractivity contribution in [3.63, 3.8) is 0 Å². The van der Waals surface area contributed by atoms with Crippen LogP contribution in [-0.2, 0) is 7.05 Å². The van der Waals surface area contributed by atoms with Gasteiger partial charge in [0.1, 0.15) is 5.02 Å². The highest BCUT2D eigenvalue weighted by molar-refractivity contribution is 6.32. The number of nitrogens with zero attached hydrogens (tertiary/aromatic N) is 3. The van der Waals surface area contributed by atoms with Gasteiger partial charge in [-0.1, -0.05) is 11.6 Å². The SMILES string of the molecule is COc1ncc(Cl)c(Nc2ccc3c(c2)c(N[C@H](C)C2CC2)cc(=O)n3C)n1. The van der Waals surface area contributed by atoms with Crippen LogP contribution >= 0.6 is 11.6 Å². The molecule has 2 heterocycles. The molecule has 1 atom stereocenters. The van der Waals surface area contributed by atoms with Crippen LogP contribution in [0.3, 0.4) is 0 Å². The van der Waals surface area contributed by atoms with Gasteiger partial charge in [0.2, 0.25) is 0 Å². The molecule has 1 aromatic carbocycles. The van der Waals surface area contributed by atoms with Crippen molar-refractivity contribution in [2.24, 2.45) is 13.0 Å². The summed E-state index contributed by atoms with van der Waals surface area (Å²) in [6.45, 7) is 2.16. The molecule has 0 spiro atoms. The predicted molar refractivity (Wildman–Crippen MR) is 112 cm³/mol. The number of methoxy groups -OCH3 is 1. The summed E-state index contributed by atoms with van der Waals surface area (Å²) >= 11 is 6.21. The maximum Gasteiger partial charge on any atom is 0.318 e. The number of hydrogen-bond donors (Lipinski definition) is 2. The van der Waals surface area contributed by atoms with E-state index in [1.165, 1.54) is 26.1 Å². The van der Waals surface area contributed by atoms with E-state index in [9.17, 15) is 4.79 Å². The molecule has 2 aromatic heterocycles. The molecule has 0 saturated heterocycles. The lowest BCUT2D eigenvalue weighted by Gasteiger charge is -2.18. The van der Waals surface area contributed by atoms with Gasteiger partial charge in [-0.2, -0.15) is 4.98 Å². The molecule has 0 amide bonds. The smallest absolute Gasteiger partial charge is 0.318 e. The average Bonchev–Trinajstić information content (AvgIpc) is 3.53. The lowest BCUT2D eigenvalue weighted by atomic mass is 10.1. The number of pyridine rings is 1. The van der Waals surface area contributed by atoms with Gasteiger partial charge in [0.15, 0.2) is 5.82 Å². The molecule has 3 aromatic rings. The minimum atomic E-state index is -0.0395. The quantitative estimate of drug-likeness (QED) is 0.653. The second-order valence-electron chi connectivity index (χ2n) is 7.14. The van der Waals surface area contributed by atoms with Gasteiger partial charge in [-0.3, -0.25) is 4.79 Å². The Kier molecular flexibility index (Phi) is 4.85. The van der Waals surface area contributed by atoms with E-state index < -0.39 is 0 Å². The zero-order chi connectivity index (χ0) is 19.8. The zero-order valence-electron chi connectivity index (χ0n) is 16.0. The summed E-state index contributed by atoms with van der Waals surface area (Å²) < 4.78 is 6.71. The molecule has 0 bridgehead atoms. The maximum absolute atomic E-state index is 12.4. The standard InChI is InChI=1S/C20H22ClN5O2/c1-11(12-4-5-12)23-16-9-18(27)26(2)17-7-6-13(8-14(16)17)24-19-15(21)10-22-20(25-19)28-3/h6-12,23H,4-5H2,1-3H3,(H,22,24,25)/t11-/m1/s1. The van der Waals surface area contributed by atoms with E-state index in [1.807, 2.05) is 18.2 Å². The van der Waals surface area contributed by atoms with Gasteiger partial charge in [-0.25, -0.2) is 4.98 Å². The lowest BCUT2D eigenvalue weighted by Crippen LogP contribution is -2.22. The molecular weight excluding hydrogens is 378 g/mol. The van der Waals surface area contributed by atoms with Crippen LogP contribution in [0.2, 0.25) is 5.02 Å². The summed E-state index contributed by atoms with van der Waals surface area (Å²) in [5.41, 5.74) is 2.46. The Labute approximate surface area is 167 Å². The normalized spacial score (nSPS) is 14.7. The van der Waals surface area contributed by atoms with E-state index in [4.69, 9.17) is 16.3 Å². The van der Waals surface area contributed by atoms with E-state index in [1.54, 1.807) is 17.7 Å². The molecule has 1 fully saturated rings. The predicted octanol–water partition coefficient (Wildman–Crippen LogP) is 3.94. The lowest BCUT2D eigenvalue weighted by molar-refractivity contribution is 0.380. The first kappa shape index (κ1) is 18.6. The Balaban J connectivity index is 1.74. The van der Waals surface area contributed by atoms with Crippen molar-refractivity contribution in [3.05, 3.63) is 45.8 Å². The second kappa shape index (κ2) is 7.31. The van der Waals surface area contributed by atoms with Gasteiger partial charge < -0.3 is 19.9 Å². The Morgan fingerprint density at radius 1 is 1.32 bits per heavy atom. The Hall–Kier alpha value is -2.80. The summed E-state index contributed by atoms with van der Waals surface area (Å²) in [6, 6.07) is 8.01. The number of halogens is 1. The molecule has 8 heteroatoms. The van der Waals surface area contributed by atoms with Crippen molar-refractivity contribution in [2.45, 2.75) is 25.8 Å². The number of anilines is 3. The number of ether oxygens (including phenoxy) is 1. The largest absolute Gasteiger partial charge is 0.467 e. The van der Waals surface area contributed by atoms with Crippen molar-refractivity contribution in [2.75, 3.05) is 17.7 Å². The minimum Gasteiger partial charge on any atom is -0.467 e. The number of aryl methyl sites for hydroxylation is 1. The van der Waals surface area contributed by atoms with Gasteiger partial charge >= 0.3 is 6.01 Å². The molecule has 0 radical (unpaired) electrons. The van der Waals surface area contributed by atoms with E-state index in [-0.39, 0.29) is 11.6 Å². The summed E-state index contributed by atoms with van der Waals surface area (Å²) in [5.74, 6) is 1.13. The molecule has 0 unspecified atom stereocenters. The first-order chi connectivity index (χ1) is 13.5. The van der Waals surface area contributed by atoms with Crippen molar-refractivity contribution >= 4 is 39.7 Å². The van der Waals surface area contributed by atoms with E-state index in [0.717, 1.165) is 22.3 Å². The highest BCUT2D eigenvalue weighted by atomic mass is 35.5. The molecule has 28 heavy (non-hydrogen) atoms. The molecule has 4 rings (SSSR count). The number of nitrogens with one attached hydrogen (secondary N) is 2. The molecular formula is C20H22ClN5O2. The summed E-state index contributed by atoms with van der Waals surface area (Å²) in [6.07, 6.45) is 3.96. The molecule has 2 N–H and O–H groups in total. The van der Waals surface area contributed by atoms with Crippen molar-refractivity contribution < 1.29 is 4.74 Å². The van der Waals surface area contributed by atoms with Crippen LogP contribution in [0, 0.1) is 5.92 Å². The van der Waals surface area contributed by atoms with Crippen molar-refractivity contribution in [1.29, 1.82) is 0 Å². The summed E-state index contributed by atoms with van der Waals surface area (Å²) in [7, 11) is 3.28. The number of rotatable bonds is 6. The van der Waals surface area contributed by atoms with Crippen LogP contribution < -0.4 is 20.9 Å². The summed E-state index contributed by atoms with van der Waals surface area (Å²) in [4.78, 5) is 20.6. The Morgan fingerprint density at radius 3 is 2.82 bits per heavy atom. The van der Waals surface area contributed by atoms with Crippen LogP contribution in [0.4, 0.5) is 17.2 Å². The van der Waals surface area contributed by atoms with Gasteiger partial charge in [0, 0.05) is 35.9 Å². The van der Waals surface area contributed by atoms with Crippen LogP contribution in [0.1, 0.15) is 19.8 Å². The third-order valence-electron chi connectivity index (χ3n) is 5.13. The molecule has 1 aliphatic carbocycles. The Bertz CT molecular complexity index is 1090. The molecule has 146 valence electrons. The van der Waals surface area contributed by atoms with Gasteiger partial charge in [-0.05, 0) is 43.9 Å². The van der Waals surface area contributed by atoms with Crippen LogP contribution in [0.25, 0.3) is 10.9 Å². The fraction of sp³-hybridized carbons (Fsp3) is 0.350. The van der Waals surface area contributed by atoms with Gasteiger partial charge in [0.25, 0.3) is 5.56 Å². The van der Waals surface area contributed by atoms with Gasteiger partial charge in [-0.15, -0.1) is 0 Å². The highest BCUT2D eigenvalue weighted by Gasteiger charge is 2.28. The zero-order valence-corrected chi connectivity index (χ0v) is 16.7.